The van der Waals surface area contributed by atoms with Crippen molar-refractivity contribution in [3.05, 3.63) is 35.4 Å². The van der Waals surface area contributed by atoms with Crippen LogP contribution in [0.3, 0.4) is 0 Å². The molecule has 0 bridgehead atoms. The fourth-order valence-corrected chi connectivity index (χ4v) is 3.03. The first-order valence-corrected chi connectivity index (χ1v) is 6.21. The maximum Gasteiger partial charge on any atom is 0.0991 e. The molecule has 1 N–H and O–H groups in total. The molecule has 1 aliphatic heterocycles. The van der Waals surface area contributed by atoms with Gasteiger partial charge in [-0.3, -0.25) is 0 Å². The van der Waals surface area contributed by atoms with Gasteiger partial charge in [-0.15, -0.1) is 0 Å². The summed E-state index contributed by atoms with van der Waals surface area (Å²) in [7, 11) is 0. The SMILES string of the molecule is N#Cc1cccc([C@@]2(O)CCCSC2)c1. The van der Waals surface area contributed by atoms with Gasteiger partial charge in [-0.1, -0.05) is 12.1 Å². The van der Waals surface area contributed by atoms with Gasteiger partial charge in [-0.05, 0) is 36.3 Å². The van der Waals surface area contributed by atoms with E-state index in [0.717, 1.165) is 29.9 Å². The highest BCUT2D eigenvalue weighted by Gasteiger charge is 2.31. The standard InChI is InChI=1S/C12H13NOS/c13-8-10-3-1-4-11(7-10)12(14)5-2-6-15-9-12/h1,3-4,7,14H,2,5-6,9H2/t12-/m1/s1. The molecule has 0 radical (unpaired) electrons. The second kappa shape index (κ2) is 4.26. The van der Waals surface area contributed by atoms with Crippen molar-refractivity contribution >= 4 is 11.8 Å². The van der Waals surface area contributed by atoms with Crippen molar-refractivity contribution in [3.8, 4) is 6.07 Å². The molecular weight excluding hydrogens is 206 g/mol. The summed E-state index contributed by atoms with van der Waals surface area (Å²) in [6.45, 7) is 0. The third-order valence-corrected chi connectivity index (χ3v) is 4.01. The lowest BCUT2D eigenvalue weighted by molar-refractivity contribution is 0.0495. The van der Waals surface area contributed by atoms with E-state index >= 15 is 0 Å². The maximum absolute atomic E-state index is 10.4. The van der Waals surface area contributed by atoms with Crippen LogP contribution in [0.4, 0.5) is 0 Å². The molecule has 0 unspecified atom stereocenters. The molecule has 2 rings (SSSR count). The van der Waals surface area contributed by atoms with Gasteiger partial charge in [0.25, 0.3) is 0 Å². The highest BCUT2D eigenvalue weighted by molar-refractivity contribution is 7.99. The van der Waals surface area contributed by atoms with E-state index in [1.807, 2.05) is 12.1 Å². The van der Waals surface area contributed by atoms with E-state index in [0.29, 0.717) is 5.56 Å². The topological polar surface area (TPSA) is 44.0 Å². The van der Waals surface area contributed by atoms with Gasteiger partial charge in [-0.25, -0.2) is 0 Å². The summed E-state index contributed by atoms with van der Waals surface area (Å²) in [5, 5.41) is 19.2. The average molecular weight is 219 g/mol. The van der Waals surface area contributed by atoms with Crippen molar-refractivity contribution in [2.24, 2.45) is 0 Å². The molecule has 1 fully saturated rings. The molecule has 0 aliphatic carbocycles. The van der Waals surface area contributed by atoms with Crippen molar-refractivity contribution in [2.75, 3.05) is 11.5 Å². The number of hydrogen-bond donors (Lipinski definition) is 1. The normalized spacial score (nSPS) is 25.9. The van der Waals surface area contributed by atoms with Gasteiger partial charge in [0, 0.05) is 5.75 Å². The smallest absolute Gasteiger partial charge is 0.0991 e. The third-order valence-electron chi connectivity index (χ3n) is 2.75. The van der Waals surface area contributed by atoms with Gasteiger partial charge < -0.3 is 5.11 Å². The number of benzene rings is 1. The monoisotopic (exact) mass is 219 g/mol. The van der Waals surface area contributed by atoms with E-state index in [-0.39, 0.29) is 0 Å². The minimum Gasteiger partial charge on any atom is -0.384 e. The highest BCUT2D eigenvalue weighted by Crippen LogP contribution is 2.35. The first-order valence-electron chi connectivity index (χ1n) is 5.05. The number of thioether (sulfide) groups is 1. The molecule has 0 saturated carbocycles. The Morgan fingerprint density at radius 3 is 3.00 bits per heavy atom. The molecule has 1 aliphatic rings. The molecular formula is C12H13NOS. The molecule has 2 nitrogen and oxygen atoms in total. The molecule has 0 amide bonds. The molecule has 0 aromatic heterocycles. The number of aliphatic hydroxyl groups is 1. The van der Waals surface area contributed by atoms with Crippen molar-refractivity contribution in [1.82, 2.24) is 0 Å². The van der Waals surface area contributed by atoms with Gasteiger partial charge in [-0.2, -0.15) is 17.0 Å². The first-order chi connectivity index (χ1) is 7.24. The molecule has 1 heterocycles. The van der Waals surface area contributed by atoms with Gasteiger partial charge in [0.05, 0.1) is 17.2 Å². The van der Waals surface area contributed by atoms with Gasteiger partial charge in [0.15, 0.2) is 0 Å². The van der Waals surface area contributed by atoms with E-state index in [9.17, 15) is 5.11 Å². The Hall–Kier alpha value is -0.980. The predicted molar refractivity (Wildman–Crippen MR) is 61.6 cm³/mol. The van der Waals surface area contributed by atoms with Gasteiger partial charge in [0.2, 0.25) is 0 Å². The molecule has 3 heteroatoms. The van der Waals surface area contributed by atoms with Crippen LogP contribution in [0, 0.1) is 11.3 Å². The minimum atomic E-state index is -0.726. The molecule has 15 heavy (non-hydrogen) atoms. The Morgan fingerprint density at radius 1 is 1.47 bits per heavy atom. The lowest BCUT2D eigenvalue weighted by Crippen LogP contribution is -2.31. The van der Waals surface area contributed by atoms with Gasteiger partial charge >= 0.3 is 0 Å². The summed E-state index contributed by atoms with van der Waals surface area (Å²) in [5.41, 5.74) is 0.778. The lowest BCUT2D eigenvalue weighted by Gasteiger charge is -2.32. The number of nitriles is 1. The highest BCUT2D eigenvalue weighted by atomic mass is 32.2. The number of rotatable bonds is 1. The average Bonchev–Trinajstić information content (AvgIpc) is 2.30. The van der Waals surface area contributed by atoms with Crippen LogP contribution in [0.2, 0.25) is 0 Å². The Labute approximate surface area is 93.9 Å². The molecule has 1 saturated heterocycles. The van der Waals surface area contributed by atoms with Crippen molar-refractivity contribution < 1.29 is 5.11 Å². The summed E-state index contributed by atoms with van der Waals surface area (Å²) in [6.07, 6.45) is 1.84. The predicted octanol–water partition coefficient (Wildman–Crippen LogP) is 2.27. The molecule has 0 spiro atoms. The summed E-state index contributed by atoms with van der Waals surface area (Å²) in [5.74, 6) is 1.86. The minimum absolute atomic E-state index is 0.622. The summed E-state index contributed by atoms with van der Waals surface area (Å²) in [4.78, 5) is 0. The molecule has 1 aromatic rings. The van der Waals surface area contributed by atoms with E-state index < -0.39 is 5.60 Å². The Morgan fingerprint density at radius 2 is 2.33 bits per heavy atom. The van der Waals surface area contributed by atoms with Crippen LogP contribution in [0.1, 0.15) is 24.0 Å². The number of nitrogens with zero attached hydrogens (tertiary/aromatic N) is 1. The fourth-order valence-electron chi connectivity index (χ4n) is 1.89. The summed E-state index contributed by atoms with van der Waals surface area (Å²) < 4.78 is 0. The third kappa shape index (κ3) is 2.17. The zero-order valence-electron chi connectivity index (χ0n) is 8.44. The van der Waals surface area contributed by atoms with Crippen molar-refractivity contribution in [3.63, 3.8) is 0 Å². The van der Waals surface area contributed by atoms with Crippen LogP contribution in [-0.2, 0) is 5.60 Å². The molecule has 78 valence electrons. The van der Waals surface area contributed by atoms with E-state index in [4.69, 9.17) is 5.26 Å². The van der Waals surface area contributed by atoms with Crippen LogP contribution in [0.5, 0.6) is 0 Å². The van der Waals surface area contributed by atoms with Crippen LogP contribution < -0.4 is 0 Å². The second-order valence-corrected chi connectivity index (χ2v) is 4.99. The lowest BCUT2D eigenvalue weighted by atomic mass is 9.90. The van der Waals surface area contributed by atoms with E-state index in [2.05, 4.69) is 6.07 Å². The fraction of sp³-hybridized carbons (Fsp3) is 0.417. The summed E-state index contributed by atoms with van der Waals surface area (Å²) >= 11 is 1.78. The van der Waals surface area contributed by atoms with Crippen LogP contribution in [0.15, 0.2) is 24.3 Å². The Balaban J connectivity index is 2.31. The molecule has 1 aromatic carbocycles. The van der Waals surface area contributed by atoms with E-state index in [1.54, 1.807) is 23.9 Å². The van der Waals surface area contributed by atoms with Crippen LogP contribution in [-0.4, -0.2) is 16.6 Å². The first kappa shape index (κ1) is 10.5. The van der Waals surface area contributed by atoms with Crippen LogP contribution in [0.25, 0.3) is 0 Å². The van der Waals surface area contributed by atoms with Crippen LogP contribution >= 0.6 is 11.8 Å². The second-order valence-electron chi connectivity index (χ2n) is 3.88. The maximum atomic E-state index is 10.4. The van der Waals surface area contributed by atoms with Crippen molar-refractivity contribution in [1.29, 1.82) is 5.26 Å². The van der Waals surface area contributed by atoms with E-state index in [1.165, 1.54) is 0 Å². The molecule has 1 atom stereocenters. The number of hydrogen-bond acceptors (Lipinski definition) is 3. The van der Waals surface area contributed by atoms with Crippen molar-refractivity contribution in [2.45, 2.75) is 18.4 Å². The Kier molecular flexibility index (Phi) is 2.99. The Bertz CT molecular complexity index is 391. The zero-order chi connectivity index (χ0) is 10.7. The quantitative estimate of drug-likeness (QED) is 0.788. The zero-order valence-corrected chi connectivity index (χ0v) is 9.26. The summed E-state index contributed by atoms with van der Waals surface area (Å²) in [6, 6.07) is 9.42. The largest absolute Gasteiger partial charge is 0.384 e. The van der Waals surface area contributed by atoms with Gasteiger partial charge in [0.1, 0.15) is 0 Å².